The van der Waals surface area contributed by atoms with Crippen LogP contribution in [0.3, 0.4) is 0 Å². The Morgan fingerprint density at radius 3 is 2.03 bits per heavy atom. The number of carbonyl (C=O) groups is 8. The molecule has 0 radical (unpaired) electrons. The van der Waals surface area contributed by atoms with Crippen molar-refractivity contribution in [3.8, 4) is 0 Å². The second-order valence-electron chi connectivity index (χ2n) is 15.4. The van der Waals surface area contributed by atoms with Gasteiger partial charge in [0.05, 0.1) is 24.1 Å². The molecule has 7 amide bonds. The molecule has 2 aromatic carbocycles. The standard InChI is InChI=1S/C43H51N9O10/c1-23(2)35(51-40(59)31(46-24(3)54)20-28-16-15-27-14-13-26-11-7-17-45-36(26)37(27)47-28)43(62)52-18-8-12-33(52)42(61)50-32(22-53)41(60)49-30(19-25-9-5-4-6-10-25)39(58)48-29(38(44)57)21-34(55)56/h4-7,9-11,13-17,23,29-33,35,53H,8,12,18-22H2,1-3H3,(H2,44,57)(H,46,54)(H,48,58)(H,49,60)(H,50,61)(H,51,59)(H,55,56)/t29-,30-,31-,32+,33-,35-/m0/s1. The Labute approximate surface area is 356 Å². The third-order valence-corrected chi connectivity index (χ3v) is 10.4. The highest BCUT2D eigenvalue weighted by Gasteiger charge is 2.41. The van der Waals surface area contributed by atoms with Crippen LogP contribution in [-0.2, 0) is 51.2 Å². The fourth-order valence-electron chi connectivity index (χ4n) is 7.25. The van der Waals surface area contributed by atoms with Crippen LogP contribution in [0.4, 0.5) is 0 Å². The number of nitrogens with one attached hydrogen (secondary N) is 5. The van der Waals surface area contributed by atoms with Crippen molar-refractivity contribution in [3.05, 3.63) is 84.2 Å². The molecule has 0 saturated carbocycles. The first-order valence-corrected chi connectivity index (χ1v) is 20.1. The highest BCUT2D eigenvalue weighted by molar-refractivity contribution is 6.03. The summed E-state index contributed by atoms with van der Waals surface area (Å²) < 4.78 is 0. The Bertz CT molecular complexity index is 2330. The monoisotopic (exact) mass is 853 g/mol. The smallest absolute Gasteiger partial charge is 0.305 e. The van der Waals surface area contributed by atoms with E-state index in [9.17, 15) is 48.6 Å². The molecule has 0 unspecified atom stereocenters. The number of primary amides is 1. The van der Waals surface area contributed by atoms with Crippen molar-refractivity contribution < 1.29 is 48.6 Å². The number of hydrogen-bond donors (Lipinski definition) is 8. The largest absolute Gasteiger partial charge is 0.481 e. The van der Waals surface area contributed by atoms with Crippen molar-refractivity contribution in [1.82, 2.24) is 41.5 Å². The highest BCUT2D eigenvalue weighted by atomic mass is 16.4. The Balaban J connectivity index is 1.28. The van der Waals surface area contributed by atoms with Crippen molar-refractivity contribution in [3.63, 3.8) is 0 Å². The summed E-state index contributed by atoms with van der Waals surface area (Å²) in [7, 11) is 0. The van der Waals surface area contributed by atoms with Gasteiger partial charge in [-0.2, -0.15) is 0 Å². The lowest BCUT2D eigenvalue weighted by Crippen LogP contribution is -2.61. The number of carboxylic acids is 1. The molecule has 1 aliphatic rings. The van der Waals surface area contributed by atoms with E-state index in [1.165, 1.54) is 11.8 Å². The molecule has 3 heterocycles. The van der Waals surface area contributed by atoms with Gasteiger partial charge in [-0.3, -0.25) is 48.3 Å². The highest BCUT2D eigenvalue weighted by Crippen LogP contribution is 2.24. The predicted octanol–water partition coefficient (Wildman–Crippen LogP) is -0.389. The number of pyridine rings is 2. The van der Waals surface area contributed by atoms with E-state index in [1.807, 2.05) is 30.3 Å². The summed E-state index contributed by atoms with van der Waals surface area (Å²) >= 11 is 0. The van der Waals surface area contributed by atoms with Crippen LogP contribution in [0.25, 0.3) is 21.8 Å². The van der Waals surface area contributed by atoms with Gasteiger partial charge in [-0.25, -0.2) is 0 Å². The van der Waals surface area contributed by atoms with Crippen molar-refractivity contribution in [2.24, 2.45) is 11.7 Å². The lowest BCUT2D eigenvalue weighted by atomic mass is 10.0. The molecule has 5 rings (SSSR count). The third kappa shape index (κ3) is 11.8. The molecule has 1 fully saturated rings. The van der Waals surface area contributed by atoms with Crippen molar-refractivity contribution in [2.45, 2.75) is 89.1 Å². The lowest BCUT2D eigenvalue weighted by Gasteiger charge is -2.32. The number of benzene rings is 2. The molecule has 1 aliphatic heterocycles. The number of nitrogens with zero attached hydrogens (tertiary/aromatic N) is 3. The van der Waals surface area contributed by atoms with E-state index in [4.69, 9.17) is 10.7 Å². The van der Waals surface area contributed by atoms with Crippen LogP contribution in [0.2, 0.25) is 0 Å². The molecule has 0 spiro atoms. The maximum atomic E-state index is 14.2. The SMILES string of the molecule is CC(=O)N[C@@H](Cc1ccc2ccc3cccnc3c2n1)C(=O)N[C@H](C(=O)N1CCC[C@H]1C(=O)N[C@H](CO)C(=O)N[C@@H](Cc1ccccc1)C(=O)N[C@@H](CC(=O)O)C(N)=O)C(C)C. The van der Waals surface area contributed by atoms with Crippen molar-refractivity contribution in [2.75, 3.05) is 13.2 Å². The van der Waals surface area contributed by atoms with Crippen LogP contribution in [0.1, 0.15) is 51.3 Å². The molecule has 4 aromatic rings. The first-order valence-electron chi connectivity index (χ1n) is 20.1. The summed E-state index contributed by atoms with van der Waals surface area (Å²) in [5.74, 6) is -7.41. The van der Waals surface area contributed by atoms with E-state index in [2.05, 4.69) is 31.6 Å². The normalized spacial score (nSPS) is 16.1. The van der Waals surface area contributed by atoms with Crippen LogP contribution in [0.5, 0.6) is 0 Å². The molecule has 9 N–H and O–H groups in total. The van der Waals surface area contributed by atoms with Gasteiger partial charge in [-0.15, -0.1) is 0 Å². The number of likely N-dealkylation sites (tertiary alicyclic amines) is 1. The van der Waals surface area contributed by atoms with Crippen LogP contribution in [0, 0.1) is 5.92 Å². The second kappa shape index (κ2) is 21.0. The number of nitrogens with two attached hydrogens (primary N) is 1. The first kappa shape index (κ1) is 46.1. The van der Waals surface area contributed by atoms with E-state index in [0.717, 1.165) is 10.8 Å². The minimum Gasteiger partial charge on any atom is -0.481 e. The summed E-state index contributed by atoms with van der Waals surface area (Å²) in [5, 5.41) is 33.8. The zero-order chi connectivity index (χ0) is 45.1. The summed E-state index contributed by atoms with van der Waals surface area (Å²) in [6.45, 7) is 3.93. The van der Waals surface area contributed by atoms with Gasteiger partial charge in [0.15, 0.2) is 0 Å². The van der Waals surface area contributed by atoms with Gasteiger partial charge in [0.2, 0.25) is 41.4 Å². The molecule has 0 bridgehead atoms. The fraction of sp³-hybridized carbons (Fsp3) is 0.395. The molecule has 0 aliphatic carbocycles. The van der Waals surface area contributed by atoms with Crippen molar-refractivity contribution >= 4 is 69.1 Å². The van der Waals surface area contributed by atoms with Crippen molar-refractivity contribution in [1.29, 1.82) is 0 Å². The van der Waals surface area contributed by atoms with Gasteiger partial charge in [-0.05, 0) is 36.5 Å². The van der Waals surface area contributed by atoms with E-state index in [1.54, 1.807) is 56.4 Å². The van der Waals surface area contributed by atoms with Gasteiger partial charge in [0, 0.05) is 49.0 Å². The van der Waals surface area contributed by atoms with Gasteiger partial charge >= 0.3 is 5.97 Å². The number of aliphatic hydroxyl groups excluding tert-OH is 1. The van der Waals surface area contributed by atoms with Gasteiger partial charge in [0.1, 0.15) is 36.3 Å². The minimum atomic E-state index is -1.60. The number of aromatic nitrogens is 2. The van der Waals surface area contributed by atoms with Crippen LogP contribution in [0.15, 0.2) is 72.9 Å². The predicted molar refractivity (Wildman–Crippen MR) is 224 cm³/mol. The molecular formula is C43H51N9O10. The molecule has 62 heavy (non-hydrogen) atoms. The number of hydrogen-bond acceptors (Lipinski definition) is 11. The van der Waals surface area contributed by atoms with Crippen LogP contribution >= 0.6 is 0 Å². The molecule has 2 aromatic heterocycles. The van der Waals surface area contributed by atoms with E-state index >= 15 is 0 Å². The number of fused-ring (bicyclic) bond motifs is 3. The molecule has 19 nitrogen and oxygen atoms in total. The Morgan fingerprint density at radius 1 is 0.758 bits per heavy atom. The van der Waals surface area contributed by atoms with Gasteiger partial charge in [0.25, 0.3) is 0 Å². The molecular weight excluding hydrogens is 803 g/mol. The first-order chi connectivity index (χ1) is 29.6. The average Bonchev–Trinajstić information content (AvgIpc) is 3.74. The quantitative estimate of drug-likeness (QED) is 0.0560. The van der Waals surface area contributed by atoms with Gasteiger partial charge in [-0.1, -0.05) is 68.4 Å². The van der Waals surface area contributed by atoms with E-state index < -0.39 is 103 Å². The third-order valence-electron chi connectivity index (χ3n) is 10.4. The fourth-order valence-corrected chi connectivity index (χ4v) is 7.25. The Morgan fingerprint density at radius 2 is 1.39 bits per heavy atom. The number of carbonyl (C=O) groups excluding carboxylic acids is 7. The van der Waals surface area contributed by atoms with Crippen LogP contribution < -0.4 is 32.3 Å². The van der Waals surface area contributed by atoms with Crippen LogP contribution in [-0.4, -0.2) is 122 Å². The summed E-state index contributed by atoms with van der Waals surface area (Å²) in [4.78, 5) is 115. The van der Waals surface area contributed by atoms with Gasteiger partial charge < -0.3 is 47.4 Å². The number of aliphatic hydroxyl groups is 1. The topological polar surface area (TPSA) is 292 Å². The number of rotatable bonds is 19. The van der Waals surface area contributed by atoms with E-state index in [0.29, 0.717) is 28.7 Å². The molecule has 1 saturated heterocycles. The maximum absolute atomic E-state index is 14.2. The number of amides is 7. The molecule has 328 valence electrons. The summed E-state index contributed by atoms with van der Waals surface area (Å²) in [5.41, 5.74) is 7.68. The average molecular weight is 854 g/mol. The number of aliphatic carboxylic acids is 1. The Hall–Kier alpha value is -7.02. The maximum Gasteiger partial charge on any atom is 0.305 e. The Kier molecular flexibility index (Phi) is 15.6. The molecule has 6 atom stereocenters. The zero-order valence-corrected chi connectivity index (χ0v) is 34.5. The minimum absolute atomic E-state index is 0.00906. The second-order valence-corrected chi connectivity index (χ2v) is 15.4. The summed E-state index contributed by atoms with van der Waals surface area (Å²) in [6.07, 6.45) is 1.32. The number of carboxylic acid groups (broad SMARTS) is 1. The zero-order valence-electron chi connectivity index (χ0n) is 34.5. The summed E-state index contributed by atoms with van der Waals surface area (Å²) in [6, 6.07) is 11.7. The lowest BCUT2D eigenvalue weighted by molar-refractivity contribution is -0.143. The molecule has 19 heteroatoms. The van der Waals surface area contributed by atoms with E-state index in [-0.39, 0.29) is 25.8 Å².